The molecule has 0 saturated carbocycles. The zero-order valence-electron chi connectivity index (χ0n) is 12.9. The lowest BCUT2D eigenvalue weighted by Crippen LogP contribution is -2.27. The molecule has 0 aromatic heterocycles. The second-order valence-electron chi connectivity index (χ2n) is 4.36. The molecule has 1 aromatic rings. The number of rotatable bonds is 5. The van der Waals surface area contributed by atoms with E-state index in [4.69, 9.17) is 35.0 Å². The van der Waals surface area contributed by atoms with Gasteiger partial charge in [-0.25, -0.2) is 9.59 Å². The summed E-state index contributed by atoms with van der Waals surface area (Å²) in [6, 6.07) is 3.18. The third-order valence-electron chi connectivity index (χ3n) is 2.88. The average molecular weight is 394 g/mol. The highest BCUT2D eigenvalue weighted by Gasteiger charge is 2.21. The van der Waals surface area contributed by atoms with Crippen LogP contribution >= 0.6 is 15.9 Å². The smallest absolute Gasteiger partial charge is 0.414 e. The van der Waals surface area contributed by atoms with Crippen LogP contribution in [0, 0.1) is 0 Å². The summed E-state index contributed by atoms with van der Waals surface area (Å²) < 4.78 is 11.2. The summed E-state index contributed by atoms with van der Waals surface area (Å²) in [5.74, 6) is -2.41. The average Bonchev–Trinajstić information content (AvgIpc) is 2.53. The quantitative estimate of drug-likeness (QED) is 0.550. The number of methoxy groups -OCH3 is 2. The van der Waals surface area contributed by atoms with Crippen molar-refractivity contribution in [2.24, 2.45) is 5.73 Å². The normalized spacial score (nSPS) is 12.4. The Morgan fingerprint density at radius 1 is 1.17 bits per heavy atom. The number of benzene rings is 1. The van der Waals surface area contributed by atoms with E-state index in [0.29, 0.717) is 23.5 Å². The lowest BCUT2D eigenvalue weighted by Gasteiger charge is -2.21. The summed E-state index contributed by atoms with van der Waals surface area (Å²) in [5, 5.41) is 24.9. The van der Waals surface area contributed by atoms with Crippen molar-refractivity contribution in [3.05, 3.63) is 22.2 Å². The second kappa shape index (κ2) is 10.0. The molecule has 0 bridgehead atoms. The first-order valence-electron chi connectivity index (χ1n) is 6.50. The van der Waals surface area contributed by atoms with E-state index >= 15 is 0 Å². The van der Waals surface area contributed by atoms with Gasteiger partial charge in [-0.1, -0.05) is 6.92 Å². The number of hydrogen-bond acceptors (Lipinski definition) is 6. The molecule has 5 N–H and O–H groups in total. The molecule has 8 nitrogen and oxygen atoms in total. The summed E-state index contributed by atoms with van der Waals surface area (Å²) >= 11 is 3.37. The van der Waals surface area contributed by atoms with Crippen LogP contribution in [-0.2, 0) is 9.59 Å². The van der Waals surface area contributed by atoms with Gasteiger partial charge in [-0.05, 0) is 34.5 Å². The van der Waals surface area contributed by atoms with Crippen LogP contribution in [0.4, 0.5) is 0 Å². The second-order valence-corrected chi connectivity index (χ2v) is 5.21. The van der Waals surface area contributed by atoms with Gasteiger partial charge in [-0.2, -0.15) is 0 Å². The zero-order chi connectivity index (χ0) is 18.2. The zero-order valence-corrected chi connectivity index (χ0v) is 14.5. The SMILES string of the molecule is CC[C@H](N)[C@H](O)c1cc(OC)c(Br)cc1OC.O=C(O)C(=O)O. The predicted molar refractivity (Wildman–Crippen MR) is 85.7 cm³/mol. The first kappa shape index (κ1) is 21.2. The van der Waals surface area contributed by atoms with E-state index in [-0.39, 0.29) is 6.04 Å². The van der Waals surface area contributed by atoms with Crippen LogP contribution < -0.4 is 15.2 Å². The highest BCUT2D eigenvalue weighted by Crippen LogP contribution is 2.36. The van der Waals surface area contributed by atoms with Gasteiger partial charge in [-0.15, -0.1) is 0 Å². The summed E-state index contributed by atoms with van der Waals surface area (Å²) in [4.78, 5) is 18.2. The molecule has 0 saturated heterocycles. The van der Waals surface area contributed by atoms with E-state index < -0.39 is 18.0 Å². The fourth-order valence-corrected chi connectivity index (χ4v) is 2.05. The van der Waals surface area contributed by atoms with Gasteiger partial charge in [0.2, 0.25) is 0 Å². The maximum atomic E-state index is 10.1. The number of hydrogen-bond donors (Lipinski definition) is 4. The van der Waals surface area contributed by atoms with Gasteiger partial charge in [0.15, 0.2) is 0 Å². The van der Waals surface area contributed by atoms with Crippen LogP contribution in [0.1, 0.15) is 25.0 Å². The number of aliphatic hydroxyl groups excluding tert-OH is 1. The first-order valence-corrected chi connectivity index (χ1v) is 7.30. The van der Waals surface area contributed by atoms with Gasteiger partial charge >= 0.3 is 11.9 Å². The molecule has 0 fully saturated rings. The van der Waals surface area contributed by atoms with Gasteiger partial charge in [0.05, 0.1) is 24.8 Å². The van der Waals surface area contributed by atoms with Crippen LogP contribution in [0.25, 0.3) is 0 Å². The number of carboxylic acid groups (broad SMARTS) is 2. The fourth-order valence-electron chi connectivity index (χ4n) is 1.57. The standard InChI is InChI=1S/C12H18BrNO3.C2H2O4/c1-4-9(14)12(15)7-5-11(17-3)8(13)6-10(7)16-2;3-1(4)2(5)6/h5-6,9,12,15H,4,14H2,1-3H3;(H,3,4)(H,5,6)/t9-,12+;/m0./s1. The Hall–Kier alpha value is -1.84. The van der Waals surface area contributed by atoms with E-state index in [9.17, 15) is 5.11 Å². The number of carboxylic acids is 2. The van der Waals surface area contributed by atoms with E-state index in [1.807, 2.05) is 6.92 Å². The topological polar surface area (TPSA) is 139 Å². The Labute approximate surface area is 141 Å². The Morgan fingerprint density at radius 3 is 2.00 bits per heavy atom. The first-order chi connectivity index (χ1) is 10.7. The van der Waals surface area contributed by atoms with Gasteiger partial charge in [-0.3, -0.25) is 0 Å². The minimum atomic E-state index is -1.82. The monoisotopic (exact) mass is 393 g/mol. The van der Waals surface area contributed by atoms with Gasteiger partial charge in [0, 0.05) is 11.6 Å². The maximum absolute atomic E-state index is 10.1. The molecule has 0 aliphatic heterocycles. The molecular formula is C14H20BrNO7. The number of nitrogens with two attached hydrogens (primary N) is 1. The molecule has 0 spiro atoms. The third-order valence-corrected chi connectivity index (χ3v) is 3.50. The van der Waals surface area contributed by atoms with Crippen molar-refractivity contribution in [2.75, 3.05) is 14.2 Å². The molecule has 2 atom stereocenters. The Kier molecular flexibility index (Phi) is 9.23. The van der Waals surface area contributed by atoms with E-state index in [1.165, 1.54) is 0 Å². The Bertz CT molecular complexity index is 538. The summed E-state index contributed by atoms with van der Waals surface area (Å²) in [6.45, 7) is 1.93. The molecule has 0 unspecified atom stereocenters. The minimum absolute atomic E-state index is 0.324. The van der Waals surface area contributed by atoms with E-state index in [1.54, 1.807) is 26.4 Å². The summed E-state index contributed by atoms with van der Waals surface area (Å²) in [5.41, 5.74) is 6.48. The summed E-state index contributed by atoms with van der Waals surface area (Å²) in [6.07, 6.45) is -0.0835. The molecule has 0 aliphatic carbocycles. The molecule has 0 amide bonds. The Balaban J connectivity index is 0.000000688. The van der Waals surface area contributed by atoms with Crippen LogP contribution in [0.15, 0.2) is 16.6 Å². The van der Waals surface area contributed by atoms with Crippen LogP contribution in [-0.4, -0.2) is 47.5 Å². The van der Waals surface area contributed by atoms with Crippen LogP contribution in [0.2, 0.25) is 0 Å². The maximum Gasteiger partial charge on any atom is 0.414 e. The largest absolute Gasteiger partial charge is 0.496 e. The predicted octanol–water partition coefficient (Wildman–Crippen LogP) is 1.39. The van der Waals surface area contributed by atoms with Crippen molar-refractivity contribution in [2.45, 2.75) is 25.5 Å². The van der Waals surface area contributed by atoms with E-state index in [2.05, 4.69) is 15.9 Å². The van der Waals surface area contributed by atoms with Crippen molar-refractivity contribution >= 4 is 27.9 Å². The fraction of sp³-hybridized carbons (Fsp3) is 0.429. The Morgan fingerprint density at radius 2 is 1.65 bits per heavy atom. The van der Waals surface area contributed by atoms with Gasteiger partial charge < -0.3 is 30.5 Å². The molecule has 9 heteroatoms. The minimum Gasteiger partial charge on any atom is -0.496 e. The summed E-state index contributed by atoms with van der Waals surface area (Å²) in [7, 11) is 3.13. The van der Waals surface area contributed by atoms with Crippen molar-refractivity contribution in [3.63, 3.8) is 0 Å². The number of aliphatic hydroxyl groups is 1. The molecular weight excluding hydrogens is 374 g/mol. The van der Waals surface area contributed by atoms with Crippen LogP contribution in [0.3, 0.4) is 0 Å². The van der Waals surface area contributed by atoms with Crippen molar-refractivity contribution in [1.82, 2.24) is 0 Å². The van der Waals surface area contributed by atoms with Crippen molar-refractivity contribution < 1.29 is 34.4 Å². The molecule has 130 valence electrons. The van der Waals surface area contributed by atoms with Gasteiger partial charge in [0.25, 0.3) is 0 Å². The lowest BCUT2D eigenvalue weighted by molar-refractivity contribution is -0.159. The molecule has 23 heavy (non-hydrogen) atoms. The molecule has 1 rings (SSSR count). The van der Waals surface area contributed by atoms with Crippen molar-refractivity contribution in [1.29, 1.82) is 0 Å². The highest BCUT2D eigenvalue weighted by atomic mass is 79.9. The molecule has 0 radical (unpaired) electrons. The van der Waals surface area contributed by atoms with E-state index in [0.717, 1.165) is 4.47 Å². The molecule has 1 aromatic carbocycles. The lowest BCUT2D eigenvalue weighted by atomic mass is 10.00. The number of aliphatic carboxylic acids is 2. The van der Waals surface area contributed by atoms with Gasteiger partial charge in [0.1, 0.15) is 11.5 Å². The number of halogens is 1. The van der Waals surface area contributed by atoms with Crippen molar-refractivity contribution in [3.8, 4) is 11.5 Å². The van der Waals surface area contributed by atoms with Crippen LogP contribution in [0.5, 0.6) is 11.5 Å². The molecule has 0 heterocycles. The third kappa shape index (κ3) is 6.43. The number of carbonyl (C=O) groups is 2. The number of ether oxygens (including phenoxy) is 2. The highest BCUT2D eigenvalue weighted by molar-refractivity contribution is 9.10. The molecule has 0 aliphatic rings.